The molecule has 0 amide bonds. The van der Waals surface area contributed by atoms with E-state index in [9.17, 15) is 9.59 Å². The molecule has 0 N–H and O–H groups in total. The molecule has 14 heavy (non-hydrogen) atoms. The second-order valence-electron chi connectivity index (χ2n) is 3.20. The van der Waals surface area contributed by atoms with Crippen molar-refractivity contribution in [2.75, 3.05) is 6.61 Å². The number of carbonyl (C=O) groups excluding carboxylic acids is 2. The van der Waals surface area contributed by atoms with Crippen LogP contribution < -0.4 is 0 Å². The van der Waals surface area contributed by atoms with Crippen LogP contribution in [0.4, 0.5) is 0 Å². The summed E-state index contributed by atoms with van der Waals surface area (Å²) in [5.41, 5.74) is 0. The van der Waals surface area contributed by atoms with Crippen molar-refractivity contribution in [1.29, 1.82) is 0 Å². The summed E-state index contributed by atoms with van der Waals surface area (Å²) in [4.78, 5) is 22.3. The lowest BCUT2D eigenvalue weighted by Crippen LogP contribution is -2.25. The number of cyclic esters (lactones) is 1. The Morgan fingerprint density at radius 1 is 1.71 bits per heavy atom. The monoisotopic (exact) mass is 198 g/mol. The summed E-state index contributed by atoms with van der Waals surface area (Å²) in [6.07, 6.45) is 3.27. The molecule has 0 spiro atoms. The summed E-state index contributed by atoms with van der Waals surface area (Å²) in [5, 5.41) is 0. The van der Waals surface area contributed by atoms with Crippen LogP contribution >= 0.6 is 0 Å². The van der Waals surface area contributed by atoms with E-state index >= 15 is 0 Å². The number of esters is 2. The summed E-state index contributed by atoms with van der Waals surface area (Å²) < 4.78 is 9.65. The fourth-order valence-electron chi connectivity index (χ4n) is 1.20. The van der Waals surface area contributed by atoms with Gasteiger partial charge in [-0.1, -0.05) is 12.2 Å². The van der Waals surface area contributed by atoms with Crippen molar-refractivity contribution >= 4 is 11.9 Å². The molecule has 0 aliphatic carbocycles. The quantitative estimate of drug-likeness (QED) is 0.502. The molecule has 1 rings (SSSR count). The minimum Gasteiger partial charge on any atom is -0.463 e. The number of carbonyl (C=O) groups is 2. The molecule has 4 heteroatoms. The van der Waals surface area contributed by atoms with Crippen LogP contribution in [0, 0.1) is 5.92 Å². The van der Waals surface area contributed by atoms with E-state index < -0.39 is 12.1 Å². The Bertz CT molecular complexity index is 257. The largest absolute Gasteiger partial charge is 0.463 e. The molecule has 0 aromatic carbocycles. The SMILES string of the molecule is C/C=C\C(C)C(=O)OC1CCOC1=O. The molecule has 1 aliphatic heterocycles. The Morgan fingerprint density at radius 3 is 2.93 bits per heavy atom. The number of hydrogen-bond donors (Lipinski definition) is 0. The van der Waals surface area contributed by atoms with E-state index in [1.165, 1.54) is 0 Å². The van der Waals surface area contributed by atoms with Crippen molar-refractivity contribution in [3.63, 3.8) is 0 Å². The van der Waals surface area contributed by atoms with Crippen molar-refractivity contribution in [3.05, 3.63) is 12.2 Å². The fourth-order valence-corrected chi connectivity index (χ4v) is 1.20. The van der Waals surface area contributed by atoms with Crippen LogP contribution in [0.25, 0.3) is 0 Å². The minimum atomic E-state index is -0.699. The summed E-state index contributed by atoms with van der Waals surface area (Å²) in [7, 11) is 0. The zero-order valence-electron chi connectivity index (χ0n) is 8.36. The predicted molar refractivity (Wildman–Crippen MR) is 49.4 cm³/mol. The van der Waals surface area contributed by atoms with E-state index in [0.717, 1.165) is 0 Å². The van der Waals surface area contributed by atoms with E-state index in [4.69, 9.17) is 4.74 Å². The first-order valence-electron chi connectivity index (χ1n) is 4.65. The molecule has 1 fully saturated rings. The van der Waals surface area contributed by atoms with Crippen molar-refractivity contribution in [1.82, 2.24) is 0 Å². The smallest absolute Gasteiger partial charge is 0.347 e. The number of hydrogen-bond acceptors (Lipinski definition) is 4. The van der Waals surface area contributed by atoms with Crippen LogP contribution in [-0.4, -0.2) is 24.6 Å². The first-order chi connectivity index (χ1) is 6.65. The second-order valence-corrected chi connectivity index (χ2v) is 3.20. The first kappa shape index (κ1) is 10.8. The van der Waals surface area contributed by atoms with E-state index in [0.29, 0.717) is 13.0 Å². The third-order valence-corrected chi connectivity index (χ3v) is 2.00. The van der Waals surface area contributed by atoms with Gasteiger partial charge in [0.25, 0.3) is 0 Å². The summed E-state index contributed by atoms with van der Waals surface area (Å²) in [6.45, 7) is 3.89. The van der Waals surface area contributed by atoms with Gasteiger partial charge >= 0.3 is 11.9 Å². The number of rotatable bonds is 3. The Kier molecular flexibility index (Phi) is 3.68. The third kappa shape index (κ3) is 2.58. The van der Waals surface area contributed by atoms with Gasteiger partial charge in [-0.05, 0) is 13.8 Å². The van der Waals surface area contributed by atoms with Crippen LogP contribution in [0.1, 0.15) is 20.3 Å². The standard InChI is InChI=1S/C10H14O4/c1-3-4-7(2)9(11)14-8-5-6-13-10(8)12/h3-4,7-8H,5-6H2,1-2H3/b4-3-. The average molecular weight is 198 g/mol. The third-order valence-electron chi connectivity index (χ3n) is 2.00. The van der Waals surface area contributed by atoms with Gasteiger partial charge in [0, 0.05) is 6.42 Å². The lowest BCUT2D eigenvalue weighted by molar-refractivity contribution is -0.161. The maximum Gasteiger partial charge on any atom is 0.347 e. The Balaban J connectivity index is 2.43. The Hall–Kier alpha value is -1.32. The highest BCUT2D eigenvalue weighted by Crippen LogP contribution is 2.13. The van der Waals surface area contributed by atoms with Gasteiger partial charge in [-0.25, -0.2) is 4.79 Å². The lowest BCUT2D eigenvalue weighted by atomic mass is 10.1. The predicted octanol–water partition coefficient (Wildman–Crippen LogP) is 1.06. The van der Waals surface area contributed by atoms with Crippen molar-refractivity contribution in [2.45, 2.75) is 26.4 Å². The van der Waals surface area contributed by atoms with Crippen LogP contribution in [0.5, 0.6) is 0 Å². The van der Waals surface area contributed by atoms with Crippen molar-refractivity contribution in [2.24, 2.45) is 5.92 Å². The summed E-state index contributed by atoms with van der Waals surface area (Å²) in [5.74, 6) is -1.13. The Morgan fingerprint density at radius 2 is 2.43 bits per heavy atom. The first-order valence-corrected chi connectivity index (χ1v) is 4.65. The molecule has 2 unspecified atom stereocenters. The molecule has 1 heterocycles. The van der Waals surface area contributed by atoms with Gasteiger partial charge in [0.15, 0.2) is 0 Å². The van der Waals surface area contributed by atoms with E-state index in [-0.39, 0.29) is 11.9 Å². The highest BCUT2D eigenvalue weighted by atomic mass is 16.6. The zero-order valence-corrected chi connectivity index (χ0v) is 8.36. The van der Waals surface area contributed by atoms with E-state index in [1.54, 1.807) is 19.1 Å². The average Bonchev–Trinajstić information content (AvgIpc) is 2.52. The van der Waals surface area contributed by atoms with Crippen LogP contribution in [-0.2, 0) is 19.1 Å². The van der Waals surface area contributed by atoms with Gasteiger partial charge < -0.3 is 9.47 Å². The molecule has 0 radical (unpaired) electrons. The highest BCUT2D eigenvalue weighted by Gasteiger charge is 2.30. The molecule has 2 atom stereocenters. The van der Waals surface area contributed by atoms with Gasteiger partial charge in [-0.15, -0.1) is 0 Å². The van der Waals surface area contributed by atoms with Gasteiger partial charge in [0.1, 0.15) is 0 Å². The molecule has 4 nitrogen and oxygen atoms in total. The van der Waals surface area contributed by atoms with Gasteiger partial charge in [-0.2, -0.15) is 0 Å². The van der Waals surface area contributed by atoms with Gasteiger partial charge in [0.2, 0.25) is 6.10 Å². The van der Waals surface area contributed by atoms with Crippen molar-refractivity contribution in [3.8, 4) is 0 Å². The zero-order chi connectivity index (χ0) is 10.6. The molecule has 0 saturated carbocycles. The van der Waals surface area contributed by atoms with E-state index in [2.05, 4.69) is 4.74 Å². The summed E-state index contributed by atoms with van der Waals surface area (Å²) >= 11 is 0. The van der Waals surface area contributed by atoms with Gasteiger partial charge in [-0.3, -0.25) is 4.79 Å². The van der Waals surface area contributed by atoms with Crippen molar-refractivity contribution < 1.29 is 19.1 Å². The van der Waals surface area contributed by atoms with Crippen LogP contribution in [0.3, 0.4) is 0 Å². The molecule has 0 aromatic rings. The molecular formula is C10H14O4. The second kappa shape index (κ2) is 4.79. The van der Waals surface area contributed by atoms with Crippen LogP contribution in [0.2, 0.25) is 0 Å². The highest BCUT2D eigenvalue weighted by molar-refractivity contribution is 5.81. The fraction of sp³-hybridized carbons (Fsp3) is 0.600. The van der Waals surface area contributed by atoms with Crippen LogP contribution in [0.15, 0.2) is 12.2 Å². The van der Waals surface area contributed by atoms with E-state index in [1.807, 2.05) is 6.92 Å². The molecule has 0 bridgehead atoms. The topological polar surface area (TPSA) is 52.6 Å². The molecule has 78 valence electrons. The number of allylic oxidation sites excluding steroid dienone is 1. The number of ether oxygens (including phenoxy) is 2. The normalized spacial score (nSPS) is 23.6. The molecule has 1 saturated heterocycles. The Labute approximate surface area is 82.9 Å². The van der Waals surface area contributed by atoms with Gasteiger partial charge in [0.05, 0.1) is 12.5 Å². The maximum absolute atomic E-state index is 11.4. The maximum atomic E-state index is 11.4. The molecule has 1 aliphatic rings. The minimum absolute atomic E-state index is 0.312. The summed E-state index contributed by atoms with van der Waals surface area (Å²) in [6, 6.07) is 0. The lowest BCUT2D eigenvalue weighted by Gasteiger charge is -2.10. The molecule has 0 aromatic heterocycles. The molecular weight excluding hydrogens is 184 g/mol.